The lowest BCUT2D eigenvalue weighted by molar-refractivity contribution is 0.0983. The van der Waals surface area contributed by atoms with Gasteiger partial charge in [-0.25, -0.2) is 4.98 Å². The fraction of sp³-hybridized carbons (Fsp3) is 0.0952. The molecule has 5 nitrogen and oxygen atoms in total. The number of pyridine rings is 1. The van der Waals surface area contributed by atoms with E-state index < -0.39 is 0 Å². The first-order chi connectivity index (χ1) is 12.7. The van der Waals surface area contributed by atoms with Crippen LogP contribution >= 0.6 is 0 Å². The van der Waals surface area contributed by atoms with Gasteiger partial charge in [-0.2, -0.15) is 5.26 Å². The molecule has 3 aromatic rings. The van der Waals surface area contributed by atoms with Gasteiger partial charge in [-0.05, 0) is 49.4 Å². The molecule has 128 valence electrons. The fourth-order valence-electron chi connectivity index (χ4n) is 2.62. The second-order valence-corrected chi connectivity index (χ2v) is 5.63. The van der Waals surface area contributed by atoms with Gasteiger partial charge in [0.05, 0.1) is 23.5 Å². The molecule has 0 fully saturated rings. The van der Waals surface area contributed by atoms with Crippen molar-refractivity contribution in [3.63, 3.8) is 0 Å². The molecule has 1 heterocycles. The maximum Gasteiger partial charge on any atom is 0.276 e. The van der Waals surface area contributed by atoms with Crippen molar-refractivity contribution in [3.8, 4) is 6.07 Å². The molecule has 1 N–H and O–H groups in total. The molecule has 0 saturated carbocycles. The Labute approximate surface area is 152 Å². The van der Waals surface area contributed by atoms with Crippen LogP contribution in [0.25, 0.3) is 0 Å². The number of carbonyl (C=O) groups excluding carboxylic acids is 1. The number of aromatic nitrogens is 1. The summed E-state index contributed by atoms with van der Waals surface area (Å²) in [5.41, 5.74) is 3.35. The zero-order valence-corrected chi connectivity index (χ0v) is 14.4. The van der Waals surface area contributed by atoms with Crippen LogP contribution < -0.4 is 10.2 Å². The summed E-state index contributed by atoms with van der Waals surface area (Å²) in [5.74, 6) is -0.142. The van der Waals surface area contributed by atoms with Gasteiger partial charge in [0, 0.05) is 17.9 Å². The van der Waals surface area contributed by atoms with Gasteiger partial charge in [0.2, 0.25) is 0 Å². The first kappa shape index (κ1) is 17.2. The smallest absolute Gasteiger partial charge is 0.276 e. The van der Waals surface area contributed by atoms with Crippen molar-refractivity contribution in [1.29, 1.82) is 5.26 Å². The summed E-state index contributed by atoms with van der Waals surface area (Å²) >= 11 is 0. The maximum absolute atomic E-state index is 12.7. The summed E-state index contributed by atoms with van der Waals surface area (Å²) in [4.78, 5) is 18.7. The quantitative estimate of drug-likeness (QED) is 0.748. The molecule has 1 amide bonds. The molecule has 0 aliphatic carbocycles. The number of carbonyl (C=O) groups is 1. The van der Waals surface area contributed by atoms with E-state index >= 15 is 0 Å². The van der Waals surface area contributed by atoms with Gasteiger partial charge in [0.25, 0.3) is 5.91 Å². The van der Waals surface area contributed by atoms with E-state index in [1.165, 1.54) is 0 Å². The molecule has 0 aliphatic heterocycles. The number of benzene rings is 2. The molecule has 0 radical (unpaired) electrons. The second kappa shape index (κ2) is 7.95. The molecule has 26 heavy (non-hydrogen) atoms. The Kier molecular flexibility index (Phi) is 5.25. The van der Waals surface area contributed by atoms with E-state index in [4.69, 9.17) is 5.26 Å². The largest absolute Gasteiger partial charge is 0.354 e. The number of nitriles is 1. The van der Waals surface area contributed by atoms with E-state index in [9.17, 15) is 4.79 Å². The molecule has 0 bridgehead atoms. The highest BCUT2D eigenvalue weighted by Gasteiger charge is 2.17. The highest BCUT2D eigenvalue weighted by molar-refractivity contribution is 6.04. The van der Waals surface area contributed by atoms with E-state index in [1.54, 1.807) is 35.4 Å². The summed E-state index contributed by atoms with van der Waals surface area (Å²) in [7, 11) is 0. The number of para-hydroxylation sites is 1. The topological polar surface area (TPSA) is 69.0 Å². The first-order valence-corrected chi connectivity index (χ1v) is 8.31. The van der Waals surface area contributed by atoms with Gasteiger partial charge in [-0.15, -0.1) is 0 Å². The summed E-state index contributed by atoms with van der Waals surface area (Å²) in [6.45, 7) is 2.49. The molecule has 2 aromatic carbocycles. The zero-order valence-electron chi connectivity index (χ0n) is 14.4. The van der Waals surface area contributed by atoms with Crippen LogP contribution in [0.4, 0.5) is 17.1 Å². The lowest BCUT2D eigenvalue weighted by atomic mass is 10.2. The number of rotatable bonds is 5. The van der Waals surface area contributed by atoms with Crippen LogP contribution in [-0.4, -0.2) is 17.4 Å². The molecule has 3 rings (SSSR count). The Balaban J connectivity index is 1.76. The SMILES string of the molecule is CCN(C(=O)c1ccc(Nc2cccc(C#N)c2)cn1)c1ccccc1. The lowest BCUT2D eigenvalue weighted by Crippen LogP contribution is -2.31. The summed E-state index contributed by atoms with van der Waals surface area (Å²) in [5, 5.41) is 12.1. The molecule has 0 aliphatic rings. The molecule has 0 saturated heterocycles. The predicted octanol–water partition coefficient (Wildman–Crippen LogP) is 4.36. The number of amides is 1. The molecule has 0 atom stereocenters. The van der Waals surface area contributed by atoms with E-state index in [1.807, 2.05) is 49.4 Å². The van der Waals surface area contributed by atoms with Crippen molar-refractivity contribution in [3.05, 3.63) is 84.2 Å². The molecule has 0 unspecified atom stereocenters. The molecular formula is C21H18N4O. The maximum atomic E-state index is 12.7. The third-order valence-electron chi connectivity index (χ3n) is 3.89. The molecular weight excluding hydrogens is 324 g/mol. The minimum Gasteiger partial charge on any atom is -0.354 e. The standard InChI is InChI=1S/C21H18N4O/c1-2-25(19-9-4-3-5-10-19)21(26)20-12-11-18(15-23-20)24-17-8-6-7-16(13-17)14-22/h3-13,15,24H,2H2,1H3. The molecule has 1 aromatic heterocycles. The van der Waals surface area contributed by atoms with E-state index in [0.29, 0.717) is 17.8 Å². The third-order valence-corrected chi connectivity index (χ3v) is 3.89. The van der Waals surface area contributed by atoms with Crippen LogP contribution in [0.15, 0.2) is 72.9 Å². The Morgan fingerprint density at radius 3 is 2.54 bits per heavy atom. The summed E-state index contributed by atoms with van der Waals surface area (Å²) < 4.78 is 0. The van der Waals surface area contributed by atoms with Crippen LogP contribution in [0.1, 0.15) is 23.0 Å². The molecule has 5 heteroatoms. The first-order valence-electron chi connectivity index (χ1n) is 8.31. The van der Waals surface area contributed by atoms with Gasteiger partial charge in [-0.1, -0.05) is 24.3 Å². The number of hydrogen-bond donors (Lipinski definition) is 1. The molecule has 0 spiro atoms. The number of hydrogen-bond acceptors (Lipinski definition) is 4. The van der Waals surface area contributed by atoms with Gasteiger partial charge < -0.3 is 10.2 Å². The average molecular weight is 342 g/mol. The van der Waals surface area contributed by atoms with Gasteiger partial charge >= 0.3 is 0 Å². The Hall–Kier alpha value is -3.65. The predicted molar refractivity (Wildman–Crippen MR) is 102 cm³/mol. The van der Waals surface area contributed by atoms with Crippen molar-refractivity contribution >= 4 is 23.0 Å². The van der Waals surface area contributed by atoms with Crippen molar-refractivity contribution < 1.29 is 4.79 Å². The van der Waals surface area contributed by atoms with Crippen LogP contribution in [-0.2, 0) is 0 Å². The normalized spacial score (nSPS) is 10.0. The highest BCUT2D eigenvalue weighted by atomic mass is 16.2. The van der Waals surface area contributed by atoms with Crippen LogP contribution in [0.5, 0.6) is 0 Å². The van der Waals surface area contributed by atoms with Crippen molar-refractivity contribution in [1.82, 2.24) is 4.98 Å². The minimum absolute atomic E-state index is 0.142. The van der Waals surface area contributed by atoms with E-state index in [0.717, 1.165) is 17.1 Å². The zero-order chi connectivity index (χ0) is 18.4. The van der Waals surface area contributed by atoms with Crippen LogP contribution in [0.3, 0.4) is 0 Å². The highest BCUT2D eigenvalue weighted by Crippen LogP contribution is 2.19. The van der Waals surface area contributed by atoms with Gasteiger partial charge in [0.15, 0.2) is 0 Å². The van der Waals surface area contributed by atoms with Gasteiger partial charge in [0.1, 0.15) is 5.69 Å². The van der Waals surface area contributed by atoms with Crippen LogP contribution in [0.2, 0.25) is 0 Å². The summed E-state index contributed by atoms with van der Waals surface area (Å²) in [6, 6.07) is 22.3. The Morgan fingerprint density at radius 1 is 1.08 bits per heavy atom. The van der Waals surface area contributed by atoms with Gasteiger partial charge in [-0.3, -0.25) is 4.79 Å². The summed E-state index contributed by atoms with van der Waals surface area (Å²) in [6.07, 6.45) is 1.62. The average Bonchev–Trinajstić information content (AvgIpc) is 2.70. The van der Waals surface area contributed by atoms with E-state index in [-0.39, 0.29) is 5.91 Å². The third kappa shape index (κ3) is 3.87. The second-order valence-electron chi connectivity index (χ2n) is 5.63. The van der Waals surface area contributed by atoms with Crippen molar-refractivity contribution in [2.75, 3.05) is 16.8 Å². The van der Waals surface area contributed by atoms with Crippen molar-refractivity contribution in [2.45, 2.75) is 6.92 Å². The lowest BCUT2D eigenvalue weighted by Gasteiger charge is -2.20. The monoisotopic (exact) mass is 342 g/mol. The number of nitrogens with zero attached hydrogens (tertiary/aromatic N) is 3. The van der Waals surface area contributed by atoms with E-state index in [2.05, 4.69) is 16.4 Å². The van der Waals surface area contributed by atoms with Crippen molar-refractivity contribution in [2.24, 2.45) is 0 Å². The Bertz CT molecular complexity index is 930. The number of anilines is 3. The Morgan fingerprint density at radius 2 is 1.88 bits per heavy atom. The fourth-order valence-corrected chi connectivity index (χ4v) is 2.62. The number of nitrogens with one attached hydrogen (secondary N) is 1. The minimum atomic E-state index is -0.142. The van der Waals surface area contributed by atoms with Crippen LogP contribution in [0, 0.1) is 11.3 Å².